The molecule has 1 amide bonds. The topological polar surface area (TPSA) is 73.9 Å². The van der Waals surface area contributed by atoms with Gasteiger partial charge in [0.05, 0.1) is 25.8 Å². The summed E-state index contributed by atoms with van der Waals surface area (Å²) in [6.45, 7) is 5.62. The Hall–Kier alpha value is -3.02. The third kappa shape index (κ3) is 6.02. The van der Waals surface area contributed by atoms with E-state index in [1.54, 1.807) is 24.3 Å². The van der Waals surface area contributed by atoms with Crippen molar-refractivity contribution in [3.8, 4) is 11.5 Å². The van der Waals surface area contributed by atoms with Crippen molar-refractivity contribution in [3.05, 3.63) is 53.6 Å². The normalized spacial score (nSPS) is 11.4. The van der Waals surface area contributed by atoms with E-state index >= 15 is 0 Å². The molecule has 0 heterocycles. The number of amides is 1. The zero-order valence-corrected chi connectivity index (χ0v) is 16.1. The molecule has 1 N–H and O–H groups in total. The third-order valence-electron chi connectivity index (χ3n) is 3.95. The molecule has 0 saturated carbocycles. The van der Waals surface area contributed by atoms with Gasteiger partial charge in [-0.05, 0) is 50.1 Å². The van der Waals surface area contributed by atoms with E-state index in [2.05, 4.69) is 5.32 Å². The average Bonchev–Trinajstić information content (AvgIpc) is 2.64. The van der Waals surface area contributed by atoms with E-state index in [4.69, 9.17) is 14.2 Å². The monoisotopic (exact) mass is 371 g/mol. The van der Waals surface area contributed by atoms with Gasteiger partial charge in [-0.1, -0.05) is 24.3 Å². The fourth-order valence-electron chi connectivity index (χ4n) is 2.40. The molecule has 2 aromatic carbocycles. The Labute approximate surface area is 159 Å². The molecule has 1 atom stereocenters. The summed E-state index contributed by atoms with van der Waals surface area (Å²) in [6.07, 6.45) is -0.872. The summed E-state index contributed by atoms with van der Waals surface area (Å²) in [5.74, 6) is 0.349. The fourth-order valence-corrected chi connectivity index (χ4v) is 2.40. The number of methoxy groups -OCH3 is 1. The highest BCUT2D eigenvalue weighted by molar-refractivity contribution is 5.96. The lowest BCUT2D eigenvalue weighted by atomic mass is 10.1. The van der Waals surface area contributed by atoms with Crippen molar-refractivity contribution in [2.45, 2.75) is 33.3 Å². The van der Waals surface area contributed by atoms with Crippen LogP contribution >= 0.6 is 0 Å². The quantitative estimate of drug-likeness (QED) is 0.717. The van der Waals surface area contributed by atoms with Crippen LogP contribution < -0.4 is 14.8 Å². The van der Waals surface area contributed by atoms with Gasteiger partial charge in [-0.15, -0.1) is 0 Å². The number of anilines is 1. The number of aryl methyl sites for hydroxylation is 2. The number of nitrogens with one attached hydrogen (secondary N) is 1. The first-order valence-corrected chi connectivity index (χ1v) is 8.74. The molecule has 0 bridgehead atoms. The van der Waals surface area contributed by atoms with Crippen molar-refractivity contribution in [2.24, 2.45) is 0 Å². The van der Waals surface area contributed by atoms with Gasteiger partial charge in [0.25, 0.3) is 5.91 Å². The van der Waals surface area contributed by atoms with Crippen LogP contribution in [0.2, 0.25) is 0 Å². The summed E-state index contributed by atoms with van der Waals surface area (Å²) in [7, 11) is 1.52. The highest BCUT2D eigenvalue weighted by atomic mass is 16.5. The summed E-state index contributed by atoms with van der Waals surface area (Å²) >= 11 is 0. The van der Waals surface area contributed by atoms with Crippen LogP contribution in [0, 0.1) is 13.8 Å². The molecular formula is C21H25NO5. The lowest BCUT2D eigenvalue weighted by Gasteiger charge is -2.15. The Morgan fingerprint density at radius 3 is 2.56 bits per heavy atom. The first kappa shape index (κ1) is 20.3. The Balaban J connectivity index is 1.80. The van der Waals surface area contributed by atoms with E-state index < -0.39 is 18.0 Å². The summed E-state index contributed by atoms with van der Waals surface area (Å²) in [4.78, 5) is 24.2. The molecule has 0 aliphatic carbocycles. The molecule has 2 aromatic rings. The van der Waals surface area contributed by atoms with Crippen LogP contribution in [-0.2, 0) is 14.3 Å². The maximum atomic E-state index is 12.2. The zero-order chi connectivity index (χ0) is 19.8. The molecule has 0 saturated heterocycles. The van der Waals surface area contributed by atoms with Crippen LogP contribution in [0.25, 0.3) is 0 Å². The van der Waals surface area contributed by atoms with Gasteiger partial charge in [-0.3, -0.25) is 9.59 Å². The number of rotatable bonds is 8. The Morgan fingerprint density at radius 2 is 1.81 bits per heavy atom. The van der Waals surface area contributed by atoms with Crippen molar-refractivity contribution in [1.29, 1.82) is 0 Å². The summed E-state index contributed by atoms with van der Waals surface area (Å²) < 4.78 is 16.0. The molecule has 0 fully saturated rings. The Kier molecular flexibility index (Phi) is 7.23. The molecule has 6 heteroatoms. The van der Waals surface area contributed by atoms with Gasteiger partial charge >= 0.3 is 5.97 Å². The van der Waals surface area contributed by atoms with Crippen LogP contribution in [0.3, 0.4) is 0 Å². The van der Waals surface area contributed by atoms with E-state index in [-0.39, 0.29) is 13.0 Å². The van der Waals surface area contributed by atoms with Crippen molar-refractivity contribution in [1.82, 2.24) is 0 Å². The second-order valence-electron chi connectivity index (χ2n) is 6.19. The molecule has 0 radical (unpaired) electrons. The molecule has 0 unspecified atom stereocenters. The third-order valence-corrected chi connectivity index (χ3v) is 3.95. The maximum absolute atomic E-state index is 12.2. The van der Waals surface area contributed by atoms with Crippen molar-refractivity contribution in [3.63, 3.8) is 0 Å². The van der Waals surface area contributed by atoms with E-state index in [1.165, 1.54) is 14.0 Å². The summed E-state index contributed by atoms with van der Waals surface area (Å²) in [5, 5.41) is 2.69. The summed E-state index contributed by atoms with van der Waals surface area (Å²) in [6, 6.07) is 12.9. The second kappa shape index (κ2) is 9.62. The van der Waals surface area contributed by atoms with Crippen molar-refractivity contribution < 1.29 is 23.8 Å². The highest BCUT2D eigenvalue weighted by Crippen LogP contribution is 2.23. The first-order chi connectivity index (χ1) is 12.9. The standard InChI is InChI=1S/C21H25NO5/c1-14-9-10-15(2)19(13-14)26-12-11-20(23)27-16(3)21(24)22-17-7-5-6-8-18(17)25-4/h5-10,13,16H,11-12H2,1-4H3,(H,22,24)/t16-/m1/s1. The lowest BCUT2D eigenvalue weighted by Crippen LogP contribution is -2.30. The van der Waals surface area contributed by atoms with Crippen LogP contribution in [0.15, 0.2) is 42.5 Å². The minimum absolute atomic E-state index is 0.0552. The van der Waals surface area contributed by atoms with Crippen LogP contribution in [0.4, 0.5) is 5.69 Å². The molecule has 6 nitrogen and oxygen atoms in total. The molecular weight excluding hydrogens is 346 g/mol. The predicted molar refractivity (Wildman–Crippen MR) is 103 cm³/mol. The van der Waals surface area contributed by atoms with E-state index in [0.29, 0.717) is 11.4 Å². The molecule has 0 spiro atoms. The zero-order valence-electron chi connectivity index (χ0n) is 16.1. The van der Waals surface area contributed by atoms with Gasteiger partial charge in [0, 0.05) is 0 Å². The van der Waals surface area contributed by atoms with Gasteiger partial charge in [0.15, 0.2) is 6.10 Å². The lowest BCUT2D eigenvalue weighted by molar-refractivity contribution is -0.153. The first-order valence-electron chi connectivity index (χ1n) is 8.74. The van der Waals surface area contributed by atoms with Gasteiger partial charge in [0.2, 0.25) is 0 Å². The number of hydrogen-bond donors (Lipinski definition) is 1. The second-order valence-corrected chi connectivity index (χ2v) is 6.19. The number of carbonyl (C=O) groups excluding carboxylic acids is 2. The van der Waals surface area contributed by atoms with Gasteiger partial charge < -0.3 is 19.5 Å². The van der Waals surface area contributed by atoms with Crippen molar-refractivity contribution >= 4 is 17.6 Å². The van der Waals surface area contributed by atoms with Gasteiger partial charge in [0.1, 0.15) is 11.5 Å². The smallest absolute Gasteiger partial charge is 0.310 e. The Morgan fingerprint density at radius 1 is 1.07 bits per heavy atom. The number of esters is 1. The van der Waals surface area contributed by atoms with Crippen molar-refractivity contribution in [2.75, 3.05) is 19.0 Å². The van der Waals surface area contributed by atoms with Crippen LogP contribution in [0.5, 0.6) is 11.5 Å². The van der Waals surface area contributed by atoms with E-state index in [0.717, 1.165) is 16.9 Å². The van der Waals surface area contributed by atoms with Crippen LogP contribution in [0.1, 0.15) is 24.5 Å². The SMILES string of the molecule is COc1ccccc1NC(=O)[C@@H](C)OC(=O)CCOc1cc(C)ccc1C. The molecule has 0 aliphatic rings. The molecule has 27 heavy (non-hydrogen) atoms. The predicted octanol–water partition coefficient (Wildman–Crippen LogP) is 3.65. The van der Waals surface area contributed by atoms with E-state index in [1.807, 2.05) is 32.0 Å². The fraction of sp³-hybridized carbons (Fsp3) is 0.333. The van der Waals surface area contributed by atoms with Gasteiger partial charge in [-0.25, -0.2) is 0 Å². The Bertz CT molecular complexity index is 803. The molecule has 0 aromatic heterocycles. The minimum atomic E-state index is -0.928. The largest absolute Gasteiger partial charge is 0.495 e. The number of benzene rings is 2. The van der Waals surface area contributed by atoms with Crippen LogP contribution in [-0.4, -0.2) is 31.7 Å². The number of ether oxygens (including phenoxy) is 3. The van der Waals surface area contributed by atoms with Gasteiger partial charge in [-0.2, -0.15) is 0 Å². The number of hydrogen-bond acceptors (Lipinski definition) is 5. The highest BCUT2D eigenvalue weighted by Gasteiger charge is 2.19. The molecule has 2 rings (SSSR count). The summed E-state index contributed by atoms with van der Waals surface area (Å²) in [5.41, 5.74) is 2.60. The van der Waals surface area contributed by atoms with E-state index in [9.17, 15) is 9.59 Å². The average molecular weight is 371 g/mol. The molecule has 0 aliphatic heterocycles. The number of para-hydroxylation sites is 2. The number of carbonyl (C=O) groups is 2. The maximum Gasteiger partial charge on any atom is 0.310 e. The molecule has 144 valence electrons. The minimum Gasteiger partial charge on any atom is -0.495 e.